The van der Waals surface area contributed by atoms with Crippen LogP contribution in [0, 0.1) is 0 Å². The maximum atomic E-state index is 9.34. The molecule has 0 spiro atoms. The van der Waals surface area contributed by atoms with Gasteiger partial charge in [-0.05, 0) is 17.7 Å². The van der Waals surface area contributed by atoms with E-state index < -0.39 is 0 Å². The standard InChI is InChI=1S/C17H18N4O2/c22-11-12-2-1-3-13(10-12)16-19-14-4-5-18-15(14)17(20-16)21-6-8-23-9-7-21/h1-5,10,18,22H,6-9,11H2. The number of hydrogen-bond donors (Lipinski definition) is 2. The maximum Gasteiger partial charge on any atom is 0.162 e. The maximum absolute atomic E-state index is 9.34. The number of benzene rings is 1. The van der Waals surface area contributed by atoms with Crippen molar-refractivity contribution in [3.63, 3.8) is 0 Å². The van der Waals surface area contributed by atoms with E-state index in [4.69, 9.17) is 9.72 Å². The van der Waals surface area contributed by atoms with Gasteiger partial charge >= 0.3 is 0 Å². The minimum Gasteiger partial charge on any atom is -0.392 e. The van der Waals surface area contributed by atoms with E-state index >= 15 is 0 Å². The van der Waals surface area contributed by atoms with E-state index in [-0.39, 0.29) is 6.61 Å². The van der Waals surface area contributed by atoms with Crippen LogP contribution in [0.1, 0.15) is 5.56 Å². The van der Waals surface area contributed by atoms with Crippen molar-refractivity contribution in [1.82, 2.24) is 15.0 Å². The average Bonchev–Trinajstić information content (AvgIpc) is 3.10. The molecule has 4 rings (SSSR count). The number of aromatic nitrogens is 3. The molecule has 0 aliphatic carbocycles. The predicted molar refractivity (Wildman–Crippen MR) is 88.3 cm³/mol. The third-order valence-corrected chi connectivity index (χ3v) is 4.07. The summed E-state index contributed by atoms with van der Waals surface area (Å²) in [4.78, 5) is 14.9. The quantitative estimate of drug-likeness (QED) is 0.773. The van der Waals surface area contributed by atoms with Gasteiger partial charge in [0.2, 0.25) is 0 Å². The predicted octanol–water partition coefficient (Wildman–Crippen LogP) is 1.95. The highest BCUT2D eigenvalue weighted by molar-refractivity contribution is 5.88. The summed E-state index contributed by atoms with van der Waals surface area (Å²) >= 11 is 0. The van der Waals surface area contributed by atoms with Crippen molar-refractivity contribution in [2.45, 2.75) is 6.61 Å². The smallest absolute Gasteiger partial charge is 0.162 e. The fourth-order valence-electron chi connectivity index (χ4n) is 2.87. The lowest BCUT2D eigenvalue weighted by molar-refractivity contribution is 0.122. The monoisotopic (exact) mass is 310 g/mol. The van der Waals surface area contributed by atoms with Crippen LogP contribution >= 0.6 is 0 Å². The van der Waals surface area contributed by atoms with Gasteiger partial charge in [0.1, 0.15) is 5.52 Å². The number of fused-ring (bicyclic) bond motifs is 1. The molecule has 1 saturated heterocycles. The van der Waals surface area contributed by atoms with Gasteiger partial charge < -0.3 is 19.7 Å². The van der Waals surface area contributed by atoms with Crippen molar-refractivity contribution >= 4 is 16.9 Å². The zero-order valence-electron chi connectivity index (χ0n) is 12.7. The van der Waals surface area contributed by atoms with Gasteiger partial charge in [-0.3, -0.25) is 0 Å². The number of rotatable bonds is 3. The van der Waals surface area contributed by atoms with Crippen LogP contribution < -0.4 is 4.90 Å². The fraction of sp³-hybridized carbons (Fsp3) is 0.294. The third kappa shape index (κ3) is 2.67. The second-order valence-electron chi connectivity index (χ2n) is 5.57. The van der Waals surface area contributed by atoms with Crippen molar-refractivity contribution in [2.24, 2.45) is 0 Å². The van der Waals surface area contributed by atoms with Gasteiger partial charge in [-0.1, -0.05) is 18.2 Å². The molecule has 6 heteroatoms. The second kappa shape index (κ2) is 5.98. The normalized spacial score (nSPS) is 15.3. The summed E-state index contributed by atoms with van der Waals surface area (Å²) in [5.74, 6) is 1.58. The van der Waals surface area contributed by atoms with E-state index in [0.29, 0.717) is 19.0 Å². The van der Waals surface area contributed by atoms with Gasteiger partial charge in [-0.2, -0.15) is 0 Å². The number of nitrogens with zero attached hydrogens (tertiary/aromatic N) is 3. The van der Waals surface area contributed by atoms with Gasteiger partial charge in [0, 0.05) is 24.8 Å². The Bertz CT molecular complexity index is 824. The number of H-pyrrole nitrogens is 1. The summed E-state index contributed by atoms with van der Waals surface area (Å²) in [5, 5.41) is 9.34. The molecule has 6 nitrogen and oxygen atoms in total. The highest BCUT2D eigenvalue weighted by Crippen LogP contribution is 2.27. The summed E-state index contributed by atoms with van der Waals surface area (Å²) in [5.41, 5.74) is 3.61. The van der Waals surface area contributed by atoms with Crippen LogP contribution in [0.15, 0.2) is 36.5 Å². The highest BCUT2D eigenvalue weighted by atomic mass is 16.5. The number of aromatic amines is 1. The Morgan fingerprint density at radius 1 is 1.17 bits per heavy atom. The minimum absolute atomic E-state index is 0.0105. The summed E-state index contributed by atoms with van der Waals surface area (Å²) < 4.78 is 5.44. The van der Waals surface area contributed by atoms with Crippen molar-refractivity contribution < 1.29 is 9.84 Å². The Balaban J connectivity index is 1.83. The van der Waals surface area contributed by atoms with Gasteiger partial charge in [0.15, 0.2) is 11.6 Å². The van der Waals surface area contributed by atoms with Crippen molar-refractivity contribution in [3.05, 3.63) is 42.1 Å². The van der Waals surface area contributed by atoms with E-state index in [1.807, 2.05) is 36.5 Å². The van der Waals surface area contributed by atoms with Crippen LogP contribution in [0.2, 0.25) is 0 Å². The number of ether oxygens (including phenoxy) is 1. The molecule has 2 aromatic heterocycles. The molecule has 3 aromatic rings. The molecule has 1 aliphatic rings. The Hall–Kier alpha value is -2.44. The topological polar surface area (TPSA) is 74.3 Å². The Labute approximate surface area is 133 Å². The van der Waals surface area contributed by atoms with E-state index in [1.165, 1.54) is 0 Å². The molecule has 0 atom stereocenters. The van der Waals surface area contributed by atoms with Gasteiger partial charge in [-0.15, -0.1) is 0 Å². The molecular formula is C17H18N4O2. The van der Waals surface area contributed by atoms with Crippen LogP contribution in [0.4, 0.5) is 5.82 Å². The first-order valence-corrected chi connectivity index (χ1v) is 7.73. The lowest BCUT2D eigenvalue weighted by Gasteiger charge is -2.28. The second-order valence-corrected chi connectivity index (χ2v) is 5.57. The summed E-state index contributed by atoms with van der Waals surface area (Å²) in [7, 11) is 0. The molecule has 2 N–H and O–H groups in total. The third-order valence-electron chi connectivity index (χ3n) is 4.07. The van der Waals surface area contributed by atoms with E-state index in [0.717, 1.165) is 41.1 Å². The molecule has 1 fully saturated rings. The van der Waals surface area contributed by atoms with E-state index in [1.54, 1.807) is 0 Å². The zero-order chi connectivity index (χ0) is 15.6. The number of anilines is 1. The van der Waals surface area contributed by atoms with Crippen LogP contribution in [0.5, 0.6) is 0 Å². The molecular weight excluding hydrogens is 292 g/mol. The summed E-state index contributed by atoms with van der Waals surface area (Å²) in [6.07, 6.45) is 1.89. The molecule has 23 heavy (non-hydrogen) atoms. The lowest BCUT2D eigenvalue weighted by Crippen LogP contribution is -2.37. The molecule has 0 saturated carbocycles. The molecule has 118 valence electrons. The minimum atomic E-state index is 0.0105. The lowest BCUT2D eigenvalue weighted by atomic mass is 10.1. The van der Waals surface area contributed by atoms with E-state index in [2.05, 4.69) is 14.9 Å². The van der Waals surface area contributed by atoms with Crippen LogP contribution in [-0.4, -0.2) is 46.4 Å². The number of hydrogen-bond acceptors (Lipinski definition) is 5. The van der Waals surface area contributed by atoms with Gasteiger partial charge in [0.25, 0.3) is 0 Å². The van der Waals surface area contributed by atoms with E-state index in [9.17, 15) is 5.11 Å². The first kappa shape index (κ1) is 14.2. The van der Waals surface area contributed by atoms with Crippen molar-refractivity contribution in [2.75, 3.05) is 31.2 Å². The Morgan fingerprint density at radius 2 is 2.04 bits per heavy atom. The average molecular weight is 310 g/mol. The Morgan fingerprint density at radius 3 is 2.87 bits per heavy atom. The Kier molecular flexibility index (Phi) is 3.69. The number of aliphatic hydroxyl groups is 1. The van der Waals surface area contributed by atoms with Crippen LogP contribution in [0.3, 0.4) is 0 Å². The van der Waals surface area contributed by atoms with Gasteiger partial charge in [-0.25, -0.2) is 9.97 Å². The zero-order valence-corrected chi connectivity index (χ0v) is 12.7. The molecule has 0 amide bonds. The molecule has 0 unspecified atom stereocenters. The number of aliphatic hydroxyl groups excluding tert-OH is 1. The summed E-state index contributed by atoms with van der Waals surface area (Å²) in [6.45, 7) is 3.07. The van der Waals surface area contributed by atoms with Crippen molar-refractivity contribution in [3.8, 4) is 11.4 Å². The first-order valence-electron chi connectivity index (χ1n) is 7.73. The molecule has 0 radical (unpaired) electrons. The first-order chi connectivity index (χ1) is 11.3. The highest BCUT2D eigenvalue weighted by Gasteiger charge is 2.18. The molecule has 0 bridgehead atoms. The van der Waals surface area contributed by atoms with Crippen molar-refractivity contribution in [1.29, 1.82) is 0 Å². The SMILES string of the molecule is OCc1cccc(-c2nc(N3CCOCC3)c3[nH]ccc3n2)c1. The van der Waals surface area contributed by atoms with Crippen LogP contribution in [-0.2, 0) is 11.3 Å². The molecule has 1 aromatic carbocycles. The fourth-order valence-corrected chi connectivity index (χ4v) is 2.87. The number of morpholine rings is 1. The largest absolute Gasteiger partial charge is 0.392 e. The van der Waals surface area contributed by atoms with Gasteiger partial charge in [0.05, 0.1) is 25.3 Å². The molecule has 1 aliphatic heterocycles. The van der Waals surface area contributed by atoms with Crippen LogP contribution in [0.25, 0.3) is 22.4 Å². The summed E-state index contributed by atoms with van der Waals surface area (Å²) in [6, 6.07) is 9.66. The number of nitrogens with one attached hydrogen (secondary N) is 1. The molecule has 3 heterocycles.